The Morgan fingerprint density at radius 1 is 0.556 bits per heavy atom. The van der Waals surface area contributed by atoms with Crippen LogP contribution in [0.3, 0.4) is 0 Å². The van der Waals surface area contributed by atoms with Gasteiger partial charge in [0.05, 0.1) is 19.8 Å². The zero-order valence-electron chi connectivity index (χ0n) is 25.8. The Morgan fingerprint density at radius 3 is 1.89 bits per heavy atom. The summed E-state index contributed by atoms with van der Waals surface area (Å²) in [6, 6.07) is 33.5. The average molecular weight is 605 g/mol. The van der Waals surface area contributed by atoms with Crippen molar-refractivity contribution >= 4 is 33.3 Å². The molecule has 0 saturated carbocycles. The molecule has 6 heteroatoms. The van der Waals surface area contributed by atoms with Crippen molar-refractivity contribution in [2.75, 3.05) is 33.5 Å². The molecule has 5 rings (SSSR count). The van der Waals surface area contributed by atoms with E-state index in [1.54, 1.807) is 7.11 Å². The summed E-state index contributed by atoms with van der Waals surface area (Å²) < 4.78 is 23.1. The maximum Gasteiger partial charge on any atom is 0.311 e. The fraction of sp³-hybridized carbons (Fsp3) is 0.282. The molecule has 0 fully saturated rings. The van der Waals surface area contributed by atoms with Crippen LogP contribution in [-0.4, -0.2) is 45.3 Å². The van der Waals surface area contributed by atoms with E-state index in [9.17, 15) is 9.59 Å². The molecule has 0 heterocycles. The quantitative estimate of drug-likeness (QED) is 0.0457. The molecule has 0 aliphatic carbocycles. The number of benzene rings is 5. The van der Waals surface area contributed by atoms with Gasteiger partial charge >= 0.3 is 5.97 Å². The lowest BCUT2D eigenvalue weighted by molar-refractivity contribution is -0.134. The summed E-state index contributed by atoms with van der Waals surface area (Å²) >= 11 is 0. The number of hydrogen-bond acceptors (Lipinski definition) is 6. The minimum atomic E-state index is -0.295. The van der Waals surface area contributed by atoms with Crippen LogP contribution < -0.4 is 9.47 Å². The van der Waals surface area contributed by atoms with Gasteiger partial charge in [-0.25, -0.2) is 0 Å². The Morgan fingerprint density at radius 2 is 1.18 bits per heavy atom. The average Bonchev–Trinajstić information content (AvgIpc) is 3.08. The molecule has 232 valence electrons. The predicted octanol–water partition coefficient (Wildman–Crippen LogP) is 8.83. The van der Waals surface area contributed by atoms with Crippen LogP contribution in [-0.2, 0) is 14.3 Å². The van der Waals surface area contributed by atoms with E-state index in [0.717, 1.165) is 63.2 Å². The number of methoxy groups -OCH3 is 1. The van der Waals surface area contributed by atoms with E-state index in [1.165, 1.54) is 0 Å². The van der Waals surface area contributed by atoms with Crippen LogP contribution >= 0.6 is 0 Å². The van der Waals surface area contributed by atoms with Crippen molar-refractivity contribution in [3.05, 3.63) is 109 Å². The lowest BCUT2D eigenvalue weighted by Gasteiger charge is -2.19. The molecule has 0 saturated heterocycles. The lowest BCUT2D eigenvalue weighted by atomic mass is 9.92. The Kier molecular flexibility index (Phi) is 11.7. The molecule has 0 N–H and O–H groups in total. The molecule has 6 nitrogen and oxygen atoms in total. The van der Waals surface area contributed by atoms with E-state index in [4.69, 9.17) is 18.9 Å². The Hall–Kier alpha value is -4.52. The fourth-order valence-electron chi connectivity index (χ4n) is 5.49. The van der Waals surface area contributed by atoms with Crippen LogP contribution in [0.25, 0.3) is 32.7 Å². The molecular formula is C39H40O6. The highest BCUT2D eigenvalue weighted by Crippen LogP contribution is 2.45. The van der Waals surface area contributed by atoms with Gasteiger partial charge in [-0.15, -0.1) is 0 Å². The zero-order chi connectivity index (χ0) is 31.3. The van der Waals surface area contributed by atoms with Gasteiger partial charge in [-0.05, 0) is 46.5 Å². The van der Waals surface area contributed by atoms with E-state index in [0.29, 0.717) is 45.0 Å². The number of carbonyl (C=O) groups excluding carboxylic acids is 2. The molecule has 0 spiro atoms. The monoisotopic (exact) mass is 604 g/mol. The first kappa shape index (κ1) is 31.9. The first-order valence-electron chi connectivity index (χ1n) is 15.7. The number of fused-ring (bicyclic) bond motifs is 2. The molecule has 5 aromatic carbocycles. The van der Waals surface area contributed by atoms with Gasteiger partial charge in [0.2, 0.25) is 0 Å². The normalized spacial score (nSPS) is 11.1. The van der Waals surface area contributed by atoms with Crippen molar-refractivity contribution in [1.29, 1.82) is 0 Å². The second kappa shape index (κ2) is 16.5. The van der Waals surface area contributed by atoms with Crippen molar-refractivity contribution in [1.82, 2.24) is 0 Å². The molecule has 0 aliphatic heterocycles. The van der Waals surface area contributed by atoms with E-state index in [2.05, 4.69) is 30.3 Å². The van der Waals surface area contributed by atoms with Gasteiger partial charge in [-0.1, -0.05) is 97.4 Å². The molecule has 0 unspecified atom stereocenters. The minimum absolute atomic E-state index is 0.130. The molecule has 0 bridgehead atoms. The van der Waals surface area contributed by atoms with Crippen LogP contribution in [0.15, 0.2) is 103 Å². The second-order valence-electron chi connectivity index (χ2n) is 11.0. The van der Waals surface area contributed by atoms with Gasteiger partial charge in [0, 0.05) is 49.7 Å². The summed E-state index contributed by atoms with van der Waals surface area (Å²) in [5.41, 5.74) is 2.46. The molecule has 0 radical (unpaired) electrons. The van der Waals surface area contributed by atoms with Gasteiger partial charge in [-0.3, -0.25) is 9.59 Å². The topological polar surface area (TPSA) is 71.1 Å². The largest absolute Gasteiger partial charge is 0.493 e. The number of Topliss-reactive ketones (excluding diaryl/α,β-unsaturated/α-hetero) is 1. The van der Waals surface area contributed by atoms with Gasteiger partial charge in [0.25, 0.3) is 0 Å². The van der Waals surface area contributed by atoms with E-state index in [1.807, 2.05) is 72.8 Å². The van der Waals surface area contributed by atoms with Crippen molar-refractivity contribution in [2.24, 2.45) is 0 Å². The molecular weight excluding hydrogens is 564 g/mol. The van der Waals surface area contributed by atoms with Crippen LogP contribution in [0.2, 0.25) is 0 Å². The maximum atomic E-state index is 13.2. The molecule has 0 amide bonds. The van der Waals surface area contributed by atoms with Crippen molar-refractivity contribution in [2.45, 2.75) is 38.5 Å². The van der Waals surface area contributed by atoms with E-state index in [-0.39, 0.29) is 18.2 Å². The minimum Gasteiger partial charge on any atom is -0.493 e. The summed E-state index contributed by atoms with van der Waals surface area (Å²) in [6.07, 6.45) is 3.62. The van der Waals surface area contributed by atoms with Gasteiger partial charge < -0.3 is 18.9 Å². The summed E-state index contributed by atoms with van der Waals surface area (Å²) in [4.78, 5) is 25.6. The zero-order valence-corrected chi connectivity index (χ0v) is 25.8. The van der Waals surface area contributed by atoms with E-state index >= 15 is 0 Å². The molecule has 0 aromatic heterocycles. The summed E-state index contributed by atoms with van der Waals surface area (Å²) in [6.45, 7) is 2.16. The van der Waals surface area contributed by atoms with Crippen LogP contribution in [0, 0.1) is 0 Å². The second-order valence-corrected chi connectivity index (χ2v) is 11.0. The third-order valence-corrected chi connectivity index (χ3v) is 7.76. The summed E-state index contributed by atoms with van der Waals surface area (Å²) in [5, 5.41) is 4.10. The van der Waals surface area contributed by atoms with Crippen LogP contribution in [0.1, 0.15) is 48.9 Å². The maximum absolute atomic E-state index is 13.2. The highest BCUT2D eigenvalue weighted by molar-refractivity contribution is 6.10. The number of carbonyl (C=O) groups is 2. The Labute approximate surface area is 264 Å². The fourth-order valence-corrected chi connectivity index (χ4v) is 5.49. The molecule has 0 atom stereocenters. The third-order valence-electron chi connectivity index (χ3n) is 7.76. The third kappa shape index (κ3) is 8.56. The summed E-state index contributed by atoms with van der Waals surface area (Å²) in [7, 11) is 1.66. The standard InChI is InChI=1S/C39H40O6/c1-42-27-28-43-25-12-26-44-35-23-21-29-13-8-10-17-32(29)38(35)39-33-18-11-9-14-30(33)22-24-36(39)45-37(41)20-7-3-6-19-34(40)31-15-4-2-5-16-31/h2,4-5,8-11,13-18,21-24H,3,6-7,12,19-20,25-28H2,1H3. The number of rotatable bonds is 17. The van der Waals surface area contributed by atoms with Gasteiger partial charge in [0.1, 0.15) is 11.5 Å². The van der Waals surface area contributed by atoms with Crippen molar-refractivity contribution < 1.29 is 28.5 Å². The molecule has 45 heavy (non-hydrogen) atoms. The van der Waals surface area contributed by atoms with Gasteiger partial charge in [0.15, 0.2) is 5.78 Å². The molecule has 0 aliphatic rings. The van der Waals surface area contributed by atoms with Crippen LogP contribution in [0.4, 0.5) is 0 Å². The number of unbranched alkanes of at least 4 members (excludes halogenated alkanes) is 2. The predicted molar refractivity (Wildman–Crippen MR) is 179 cm³/mol. The van der Waals surface area contributed by atoms with Crippen molar-refractivity contribution in [3.63, 3.8) is 0 Å². The first-order valence-corrected chi connectivity index (χ1v) is 15.7. The SMILES string of the molecule is COCCOCCCOc1ccc2ccccc2c1-c1c(OC(=O)CCCCCC(=O)c2ccccc2)ccc2ccccc12. The number of ketones is 1. The first-order chi connectivity index (χ1) is 22.2. The highest BCUT2D eigenvalue weighted by Gasteiger charge is 2.20. The lowest BCUT2D eigenvalue weighted by Crippen LogP contribution is -2.09. The molecule has 5 aromatic rings. The van der Waals surface area contributed by atoms with Gasteiger partial charge in [-0.2, -0.15) is 0 Å². The summed E-state index contributed by atoms with van der Waals surface area (Å²) in [5.74, 6) is 1.06. The number of esters is 1. The Bertz CT molecular complexity index is 1710. The smallest absolute Gasteiger partial charge is 0.311 e. The van der Waals surface area contributed by atoms with Crippen molar-refractivity contribution in [3.8, 4) is 22.6 Å². The highest BCUT2D eigenvalue weighted by atomic mass is 16.5. The Balaban J connectivity index is 1.34. The van der Waals surface area contributed by atoms with E-state index < -0.39 is 0 Å². The van der Waals surface area contributed by atoms with Crippen LogP contribution in [0.5, 0.6) is 11.5 Å². The number of hydrogen-bond donors (Lipinski definition) is 0. The number of ether oxygens (including phenoxy) is 4.